The minimum Gasteiger partial charge on any atom is -0.500 e. The van der Waals surface area contributed by atoms with Crippen LogP contribution in [0.15, 0.2) is 29.0 Å². The van der Waals surface area contributed by atoms with E-state index in [1.54, 1.807) is 22.9 Å². The van der Waals surface area contributed by atoms with Crippen LogP contribution >= 0.6 is 22.1 Å². The summed E-state index contributed by atoms with van der Waals surface area (Å²) in [6, 6.07) is 5.31. The number of hydrogen-bond acceptors (Lipinski definition) is 2. The van der Waals surface area contributed by atoms with Crippen molar-refractivity contribution >= 4 is 38.1 Å². The normalized spacial score (nSPS) is 11.9. The molecule has 0 amide bonds. The summed E-state index contributed by atoms with van der Waals surface area (Å²) < 4.78 is 0. The molecule has 1 aromatic carbocycles. The van der Waals surface area contributed by atoms with Gasteiger partial charge in [0.05, 0.1) is 0 Å². The van der Waals surface area contributed by atoms with Gasteiger partial charge in [0.15, 0.2) is 10.8 Å². The Morgan fingerprint density at radius 3 is 2.69 bits per heavy atom. The lowest BCUT2D eigenvalue weighted by atomic mass is 10.2. The zero-order valence-electron chi connectivity index (χ0n) is 6.49. The standard InChI is InChI=1S/C9H5ClO2S/c10-8-2-1-6-4-13(9(11)12)5-7(6)3-8/h1-5H. The fourth-order valence-electron chi connectivity index (χ4n) is 1.16. The highest BCUT2D eigenvalue weighted by molar-refractivity contribution is 7.48. The third-order valence-electron chi connectivity index (χ3n) is 1.75. The Morgan fingerprint density at radius 2 is 2.00 bits per heavy atom. The zero-order chi connectivity index (χ0) is 9.42. The van der Waals surface area contributed by atoms with Gasteiger partial charge in [-0.2, -0.15) is 0 Å². The predicted octanol–water partition coefficient (Wildman–Crippen LogP) is 2.43. The molecule has 0 N–H and O–H groups in total. The van der Waals surface area contributed by atoms with Crippen molar-refractivity contribution in [3.8, 4) is 0 Å². The van der Waals surface area contributed by atoms with Crippen LogP contribution in [0, 0.1) is 0 Å². The molecule has 4 heteroatoms. The smallest absolute Gasteiger partial charge is 0.300 e. The number of carboxylic acid groups (broad SMARTS) is 1. The van der Waals surface area contributed by atoms with Gasteiger partial charge >= 0.3 is 5.30 Å². The summed E-state index contributed by atoms with van der Waals surface area (Å²) in [5.74, 6) is 0. The first-order valence-electron chi connectivity index (χ1n) is 3.59. The van der Waals surface area contributed by atoms with E-state index in [1.165, 1.54) is 0 Å². The van der Waals surface area contributed by atoms with Gasteiger partial charge < -0.3 is 9.90 Å². The van der Waals surface area contributed by atoms with Gasteiger partial charge in [0, 0.05) is 26.3 Å². The molecule has 1 heterocycles. The summed E-state index contributed by atoms with van der Waals surface area (Å²) in [5.41, 5.74) is 0. The molecule has 0 aliphatic rings. The van der Waals surface area contributed by atoms with Gasteiger partial charge in [-0.15, -0.1) is 0 Å². The molecule has 13 heavy (non-hydrogen) atoms. The summed E-state index contributed by atoms with van der Waals surface area (Å²) in [6.07, 6.45) is 0. The molecule has 0 aliphatic carbocycles. The van der Waals surface area contributed by atoms with Crippen LogP contribution in [0.2, 0.25) is 5.02 Å². The summed E-state index contributed by atoms with van der Waals surface area (Å²) in [6.45, 7) is 0. The van der Waals surface area contributed by atoms with Crippen LogP contribution in [0.1, 0.15) is 0 Å². The second-order valence-corrected chi connectivity index (χ2v) is 4.62. The Balaban J connectivity index is 2.68. The second kappa shape index (κ2) is 3.01. The minimum atomic E-state index is -1.05. The highest BCUT2D eigenvalue weighted by Gasteiger charge is 2.10. The van der Waals surface area contributed by atoms with E-state index in [4.69, 9.17) is 11.6 Å². The quantitative estimate of drug-likeness (QED) is 0.682. The predicted molar refractivity (Wildman–Crippen MR) is 52.2 cm³/mol. The molecule has 2 aromatic rings. The minimum absolute atomic E-state index is 0.618. The molecule has 0 spiro atoms. The Labute approximate surface area is 82.3 Å². The van der Waals surface area contributed by atoms with Gasteiger partial charge in [0.1, 0.15) is 0 Å². The fourth-order valence-corrected chi connectivity index (χ4v) is 2.57. The number of carbonyl (C=O) groups excluding carboxylic acids is 1. The van der Waals surface area contributed by atoms with Crippen molar-refractivity contribution < 1.29 is 9.90 Å². The van der Waals surface area contributed by atoms with Crippen LogP contribution in [0.25, 0.3) is 10.8 Å². The molecule has 1 aromatic heterocycles. The maximum atomic E-state index is 10.6. The number of fused-ring (bicyclic) bond motifs is 1. The van der Waals surface area contributed by atoms with Crippen LogP contribution in [0.5, 0.6) is 0 Å². The maximum Gasteiger partial charge on any atom is 0.300 e. The maximum absolute atomic E-state index is 10.6. The molecule has 0 bridgehead atoms. The van der Waals surface area contributed by atoms with Crippen LogP contribution in [-0.4, -0.2) is 5.30 Å². The molecule has 0 fully saturated rings. The summed E-state index contributed by atoms with van der Waals surface area (Å²) in [5, 5.41) is 15.3. The largest absolute Gasteiger partial charge is 0.500 e. The first kappa shape index (κ1) is 8.53. The van der Waals surface area contributed by atoms with E-state index in [-0.39, 0.29) is 0 Å². The summed E-state index contributed by atoms with van der Waals surface area (Å²) in [7, 11) is -0.887. The Morgan fingerprint density at radius 1 is 1.31 bits per heavy atom. The van der Waals surface area contributed by atoms with Crippen molar-refractivity contribution in [2.24, 2.45) is 0 Å². The van der Waals surface area contributed by atoms with Crippen molar-refractivity contribution in [2.45, 2.75) is 0 Å². The summed E-state index contributed by atoms with van der Waals surface area (Å²) in [4.78, 5) is 10.6. The van der Waals surface area contributed by atoms with Gasteiger partial charge in [-0.25, -0.2) is 0 Å². The van der Waals surface area contributed by atoms with E-state index in [9.17, 15) is 9.90 Å². The Bertz CT molecular complexity index is 475. The van der Waals surface area contributed by atoms with E-state index in [1.807, 2.05) is 6.07 Å². The van der Waals surface area contributed by atoms with E-state index < -0.39 is 15.8 Å². The number of thiophene rings is 1. The van der Waals surface area contributed by atoms with E-state index in [2.05, 4.69) is 0 Å². The van der Waals surface area contributed by atoms with Crippen LogP contribution in [0.3, 0.4) is 0 Å². The van der Waals surface area contributed by atoms with Gasteiger partial charge in [-0.3, -0.25) is 0 Å². The molecule has 66 valence electrons. The first-order valence-corrected chi connectivity index (χ1v) is 5.32. The molecule has 1 unspecified atom stereocenters. The van der Waals surface area contributed by atoms with Crippen molar-refractivity contribution in [1.82, 2.24) is 0 Å². The lowest BCUT2D eigenvalue weighted by molar-refractivity contribution is -0.233. The van der Waals surface area contributed by atoms with E-state index in [0.29, 0.717) is 5.02 Å². The number of carbonyl (C=O) groups is 1. The third kappa shape index (κ3) is 1.53. The first-order chi connectivity index (χ1) is 6.16. The topological polar surface area (TPSA) is 40.1 Å². The molecular weight excluding hydrogens is 208 g/mol. The van der Waals surface area contributed by atoms with E-state index in [0.717, 1.165) is 10.8 Å². The number of halogens is 1. The molecule has 0 saturated heterocycles. The van der Waals surface area contributed by atoms with Crippen LogP contribution in [0.4, 0.5) is 4.79 Å². The van der Waals surface area contributed by atoms with Crippen molar-refractivity contribution in [3.63, 3.8) is 0 Å². The second-order valence-electron chi connectivity index (χ2n) is 2.63. The Kier molecular flexibility index (Phi) is 1.98. The van der Waals surface area contributed by atoms with Crippen molar-refractivity contribution in [2.75, 3.05) is 0 Å². The van der Waals surface area contributed by atoms with Crippen molar-refractivity contribution in [1.29, 1.82) is 0 Å². The molecule has 0 aliphatic heterocycles. The SMILES string of the molecule is O=C([O-])[s+]1cc2ccc(Cl)cc2c1. The van der Waals surface area contributed by atoms with Crippen LogP contribution < -0.4 is 5.11 Å². The zero-order valence-corrected chi connectivity index (χ0v) is 8.06. The monoisotopic (exact) mass is 212 g/mol. The summed E-state index contributed by atoms with van der Waals surface area (Å²) >= 11 is 5.76. The van der Waals surface area contributed by atoms with Crippen LogP contribution in [-0.2, 0) is 0 Å². The van der Waals surface area contributed by atoms with E-state index >= 15 is 0 Å². The lowest BCUT2D eigenvalue weighted by Gasteiger charge is -1.85. The third-order valence-corrected chi connectivity index (χ3v) is 3.38. The highest BCUT2D eigenvalue weighted by Crippen LogP contribution is 2.29. The molecular formula is C9H5ClO2S. The molecule has 0 saturated carbocycles. The lowest BCUT2D eigenvalue weighted by Crippen LogP contribution is -2.15. The van der Waals surface area contributed by atoms with Crippen molar-refractivity contribution in [3.05, 3.63) is 34.0 Å². The molecule has 1 atom stereocenters. The van der Waals surface area contributed by atoms with Gasteiger partial charge in [-0.1, -0.05) is 11.6 Å². The van der Waals surface area contributed by atoms with Gasteiger partial charge in [0.25, 0.3) is 0 Å². The van der Waals surface area contributed by atoms with Gasteiger partial charge in [0.2, 0.25) is 0 Å². The molecule has 2 nitrogen and oxygen atoms in total. The highest BCUT2D eigenvalue weighted by atomic mass is 35.5. The fraction of sp³-hybridized carbons (Fsp3) is 0. The average Bonchev–Trinajstić information content (AvgIpc) is 2.46. The molecule has 0 radical (unpaired) electrons. The number of hydrogen-bond donors (Lipinski definition) is 0. The Hall–Kier alpha value is -1.06. The van der Waals surface area contributed by atoms with Gasteiger partial charge in [-0.05, 0) is 18.2 Å². The molecule has 2 rings (SSSR count). The number of benzene rings is 1. The average molecular weight is 213 g/mol. The number of rotatable bonds is 1.